The number of halogens is 1. The van der Waals surface area contributed by atoms with Crippen molar-refractivity contribution < 1.29 is 9.53 Å². The third kappa shape index (κ3) is 4.99. The van der Waals surface area contributed by atoms with Gasteiger partial charge in [0.1, 0.15) is 5.82 Å². The zero-order chi connectivity index (χ0) is 19.2. The van der Waals surface area contributed by atoms with Crippen molar-refractivity contribution in [3.05, 3.63) is 57.7 Å². The second kappa shape index (κ2) is 9.20. The molecule has 0 unspecified atom stereocenters. The summed E-state index contributed by atoms with van der Waals surface area (Å²) in [6.07, 6.45) is 1.83. The second-order valence-electron chi connectivity index (χ2n) is 6.76. The number of morpholine rings is 1. The Labute approximate surface area is 165 Å². The van der Waals surface area contributed by atoms with Crippen LogP contribution in [0, 0.1) is 6.92 Å². The van der Waals surface area contributed by atoms with E-state index < -0.39 is 0 Å². The number of aromatic nitrogens is 1. The van der Waals surface area contributed by atoms with Crippen molar-refractivity contribution in [2.24, 2.45) is 0 Å². The summed E-state index contributed by atoms with van der Waals surface area (Å²) in [5, 5.41) is 3.71. The first-order valence-electron chi connectivity index (χ1n) is 9.44. The maximum Gasteiger partial charge on any atom is 0.253 e. The van der Waals surface area contributed by atoms with Gasteiger partial charge in [0.2, 0.25) is 0 Å². The number of pyridine rings is 1. The molecule has 27 heavy (non-hydrogen) atoms. The van der Waals surface area contributed by atoms with Gasteiger partial charge in [-0.15, -0.1) is 0 Å². The van der Waals surface area contributed by atoms with Crippen LogP contribution in [0.5, 0.6) is 0 Å². The molecule has 2 heterocycles. The molecule has 144 valence electrons. The van der Waals surface area contributed by atoms with E-state index in [9.17, 15) is 4.79 Å². The first-order chi connectivity index (χ1) is 13.1. The highest BCUT2D eigenvalue weighted by atomic mass is 35.5. The molecule has 1 aliphatic rings. The molecule has 1 aliphatic heterocycles. The van der Waals surface area contributed by atoms with Gasteiger partial charge >= 0.3 is 0 Å². The van der Waals surface area contributed by atoms with Gasteiger partial charge in [-0.2, -0.15) is 0 Å². The van der Waals surface area contributed by atoms with Gasteiger partial charge in [-0.25, -0.2) is 4.98 Å². The highest BCUT2D eigenvalue weighted by molar-refractivity contribution is 6.30. The van der Waals surface area contributed by atoms with Crippen molar-refractivity contribution in [1.82, 2.24) is 10.3 Å². The third-order valence-electron chi connectivity index (χ3n) is 4.72. The zero-order valence-corrected chi connectivity index (χ0v) is 16.7. The van der Waals surface area contributed by atoms with E-state index in [0.717, 1.165) is 48.6 Å². The standard InChI is InChI=1S/C21H26ClN3O2/c1-3-4-17-13-19(25-9-11-27-12-10-25)24-15(2)20(17)21(26)23-14-16-5-7-18(22)8-6-16/h5-8,13H,3-4,9-12,14H2,1-2H3,(H,23,26). The highest BCUT2D eigenvalue weighted by Gasteiger charge is 2.20. The van der Waals surface area contributed by atoms with E-state index in [1.807, 2.05) is 31.2 Å². The molecule has 0 saturated carbocycles. The molecule has 1 aromatic carbocycles. The van der Waals surface area contributed by atoms with Crippen LogP contribution in [-0.2, 0) is 17.7 Å². The van der Waals surface area contributed by atoms with Gasteiger partial charge in [0.15, 0.2) is 0 Å². The van der Waals surface area contributed by atoms with Gasteiger partial charge in [-0.05, 0) is 42.7 Å². The number of carbonyl (C=O) groups excluding carboxylic acids is 1. The lowest BCUT2D eigenvalue weighted by molar-refractivity contribution is 0.0948. The number of amides is 1. The number of hydrogen-bond donors (Lipinski definition) is 1. The summed E-state index contributed by atoms with van der Waals surface area (Å²) in [5.41, 5.74) is 3.54. The fourth-order valence-electron chi connectivity index (χ4n) is 3.32. The summed E-state index contributed by atoms with van der Waals surface area (Å²) in [7, 11) is 0. The molecule has 1 saturated heterocycles. The van der Waals surface area contributed by atoms with E-state index in [1.165, 1.54) is 0 Å². The first-order valence-corrected chi connectivity index (χ1v) is 9.82. The number of hydrogen-bond acceptors (Lipinski definition) is 4. The number of anilines is 1. The number of benzene rings is 1. The van der Waals surface area contributed by atoms with Crippen LogP contribution in [0.2, 0.25) is 5.02 Å². The van der Waals surface area contributed by atoms with E-state index in [2.05, 4.69) is 23.2 Å². The Balaban J connectivity index is 1.79. The quantitative estimate of drug-likeness (QED) is 0.819. The predicted molar refractivity (Wildman–Crippen MR) is 109 cm³/mol. The van der Waals surface area contributed by atoms with Crippen molar-refractivity contribution in [3.63, 3.8) is 0 Å². The maximum atomic E-state index is 12.9. The van der Waals surface area contributed by atoms with Crippen LogP contribution >= 0.6 is 11.6 Å². The molecule has 2 aromatic rings. The van der Waals surface area contributed by atoms with Crippen molar-refractivity contribution in [1.29, 1.82) is 0 Å². The number of ether oxygens (including phenoxy) is 1. The van der Waals surface area contributed by atoms with Crippen molar-refractivity contribution >= 4 is 23.3 Å². The normalized spacial score (nSPS) is 14.3. The lowest BCUT2D eigenvalue weighted by Gasteiger charge is -2.29. The van der Waals surface area contributed by atoms with Crippen LogP contribution in [0.4, 0.5) is 5.82 Å². The number of rotatable bonds is 6. The Morgan fingerprint density at radius 3 is 2.63 bits per heavy atom. The van der Waals surface area contributed by atoms with Crippen LogP contribution in [0.15, 0.2) is 30.3 Å². The van der Waals surface area contributed by atoms with E-state index in [4.69, 9.17) is 21.3 Å². The Kier molecular flexibility index (Phi) is 6.69. The van der Waals surface area contributed by atoms with E-state index in [-0.39, 0.29) is 5.91 Å². The average molecular weight is 388 g/mol. The average Bonchev–Trinajstić information content (AvgIpc) is 2.68. The highest BCUT2D eigenvalue weighted by Crippen LogP contribution is 2.22. The second-order valence-corrected chi connectivity index (χ2v) is 7.19. The van der Waals surface area contributed by atoms with Gasteiger partial charge in [-0.3, -0.25) is 4.79 Å². The van der Waals surface area contributed by atoms with Crippen LogP contribution in [0.1, 0.15) is 40.5 Å². The monoisotopic (exact) mass is 387 g/mol. The molecule has 0 aliphatic carbocycles. The Morgan fingerprint density at radius 1 is 1.26 bits per heavy atom. The lowest BCUT2D eigenvalue weighted by Crippen LogP contribution is -2.37. The summed E-state index contributed by atoms with van der Waals surface area (Å²) in [5.74, 6) is 0.862. The molecule has 3 rings (SSSR count). The molecule has 0 spiro atoms. The van der Waals surface area contributed by atoms with Crippen LogP contribution in [0.3, 0.4) is 0 Å². The Morgan fingerprint density at radius 2 is 1.96 bits per heavy atom. The Hall–Kier alpha value is -2.11. The molecular weight excluding hydrogens is 362 g/mol. The molecule has 1 fully saturated rings. The summed E-state index contributed by atoms with van der Waals surface area (Å²) in [6.45, 7) is 7.60. The smallest absolute Gasteiger partial charge is 0.253 e. The summed E-state index contributed by atoms with van der Waals surface area (Å²) >= 11 is 5.92. The molecule has 6 heteroatoms. The van der Waals surface area contributed by atoms with E-state index in [1.54, 1.807) is 0 Å². The Bertz CT molecular complexity index is 787. The molecule has 0 atom stereocenters. The van der Waals surface area contributed by atoms with Gasteiger partial charge < -0.3 is 15.0 Å². The van der Waals surface area contributed by atoms with Gasteiger partial charge in [0.05, 0.1) is 24.5 Å². The first kappa shape index (κ1) is 19.6. The molecule has 0 radical (unpaired) electrons. The molecular formula is C21H26ClN3O2. The largest absolute Gasteiger partial charge is 0.378 e. The van der Waals surface area contributed by atoms with Crippen molar-refractivity contribution in [2.45, 2.75) is 33.2 Å². The fourth-order valence-corrected chi connectivity index (χ4v) is 3.45. The fraction of sp³-hybridized carbons (Fsp3) is 0.429. The lowest BCUT2D eigenvalue weighted by atomic mass is 10.0. The molecule has 1 N–H and O–H groups in total. The van der Waals surface area contributed by atoms with Crippen LogP contribution in [0.25, 0.3) is 0 Å². The third-order valence-corrected chi connectivity index (χ3v) is 4.97. The number of nitrogens with one attached hydrogen (secondary N) is 1. The molecule has 1 aromatic heterocycles. The summed E-state index contributed by atoms with van der Waals surface area (Å²) < 4.78 is 5.43. The molecule has 5 nitrogen and oxygen atoms in total. The minimum absolute atomic E-state index is 0.0769. The number of carbonyl (C=O) groups is 1. The van der Waals surface area contributed by atoms with Gasteiger partial charge in [0.25, 0.3) is 5.91 Å². The van der Waals surface area contributed by atoms with Crippen LogP contribution in [-0.4, -0.2) is 37.2 Å². The van der Waals surface area contributed by atoms with Gasteiger partial charge in [0, 0.05) is 24.7 Å². The number of aryl methyl sites for hydroxylation is 2. The predicted octanol–water partition coefficient (Wildman–Crippen LogP) is 3.76. The summed E-state index contributed by atoms with van der Waals surface area (Å²) in [4.78, 5) is 19.8. The van der Waals surface area contributed by atoms with E-state index >= 15 is 0 Å². The van der Waals surface area contributed by atoms with Gasteiger partial charge in [-0.1, -0.05) is 37.1 Å². The van der Waals surface area contributed by atoms with Crippen LogP contribution < -0.4 is 10.2 Å². The minimum Gasteiger partial charge on any atom is -0.378 e. The topological polar surface area (TPSA) is 54.5 Å². The maximum absolute atomic E-state index is 12.9. The summed E-state index contributed by atoms with van der Waals surface area (Å²) in [6, 6.07) is 9.56. The molecule has 1 amide bonds. The molecule has 0 bridgehead atoms. The SMILES string of the molecule is CCCc1cc(N2CCOCC2)nc(C)c1C(=O)NCc1ccc(Cl)cc1. The zero-order valence-electron chi connectivity index (χ0n) is 15.9. The van der Waals surface area contributed by atoms with E-state index in [0.29, 0.717) is 30.3 Å². The van der Waals surface area contributed by atoms with Crippen molar-refractivity contribution in [2.75, 3.05) is 31.2 Å². The van der Waals surface area contributed by atoms with Crippen molar-refractivity contribution in [3.8, 4) is 0 Å². The number of nitrogens with zero attached hydrogens (tertiary/aromatic N) is 2. The minimum atomic E-state index is -0.0769.